The minimum Gasteiger partial charge on any atom is -0.456 e. The third-order valence-corrected chi connectivity index (χ3v) is 5.19. The van der Waals surface area contributed by atoms with E-state index in [9.17, 15) is 27.6 Å². The Morgan fingerprint density at radius 2 is 1.88 bits per heavy atom. The number of rotatable bonds is 7. The number of halogens is 3. The number of thioether (sulfide) groups is 1. The lowest BCUT2D eigenvalue weighted by molar-refractivity contribution is -0.150. The van der Waals surface area contributed by atoms with Gasteiger partial charge < -0.3 is 14.6 Å². The summed E-state index contributed by atoms with van der Waals surface area (Å²) < 4.78 is 45.7. The summed E-state index contributed by atoms with van der Waals surface area (Å²) in [6.45, 7) is -0.0917. The zero-order valence-corrected chi connectivity index (χ0v) is 17.8. The molecule has 1 aromatic heterocycles. The van der Waals surface area contributed by atoms with E-state index in [1.54, 1.807) is 12.3 Å². The molecule has 1 heterocycles. The van der Waals surface area contributed by atoms with Gasteiger partial charge in [0.15, 0.2) is 12.4 Å². The van der Waals surface area contributed by atoms with Crippen molar-refractivity contribution < 1.29 is 32.3 Å². The van der Waals surface area contributed by atoms with Crippen LogP contribution in [0.15, 0.2) is 47.4 Å². The van der Waals surface area contributed by atoms with Crippen molar-refractivity contribution in [1.29, 1.82) is 0 Å². The van der Waals surface area contributed by atoms with Crippen LogP contribution in [0.3, 0.4) is 0 Å². The van der Waals surface area contributed by atoms with Crippen LogP contribution in [0.4, 0.5) is 18.9 Å². The fraction of sp³-hybridized carbons (Fsp3) is 0.238. The molecule has 32 heavy (non-hydrogen) atoms. The summed E-state index contributed by atoms with van der Waals surface area (Å²) in [4.78, 5) is 40.3. The molecule has 0 saturated carbocycles. The number of amides is 1. The highest BCUT2D eigenvalue weighted by atomic mass is 32.2. The number of carbonyl (C=O) groups is 3. The second-order valence-electron chi connectivity index (χ2n) is 6.69. The van der Waals surface area contributed by atoms with Gasteiger partial charge in [0.05, 0.1) is 16.7 Å². The van der Waals surface area contributed by atoms with Crippen LogP contribution in [0, 0.1) is 0 Å². The number of ether oxygens (including phenoxy) is 1. The molecule has 0 saturated heterocycles. The van der Waals surface area contributed by atoms with Crippen LogP contribution in [0.5, 0.6) is 0 Å². The van der Waals surface area contributed by atoms with Crippen molar-refractivity contribution in [3.05, 3.63) is 53.9 Å². The molecule has 0 aliphatic heterocycles. The number of anilines is 1. The molecule has 3 aromatic rings. The first-order chi connectivity index (χ1) is 15.1. The van der Waals surface area contributed by atoms with Crippen LogP contribution >= 0.6 is 11.8 Å². The molecule has 0 bridgehead atoms. The van der Waals surface area contributed by atoms with Crippen molar-refractivity contribution in [3.8, 4) is 0 Å². The van der Waals surface area contributed by atoms with Crippen LogP contribution in [-0.4, -0.2) is 40.1 Å². The van der Waals surface area contributed by atoms with Crippen LogP contribution in [-0.2, 0) is 27.0 Å². The number of Topliss-reactive ketones (excluding diaryl/α,β-unsaturated/α-hetero) is 1. The van der Waals surface area contributed by atoms with Crippen LogP contribution < -0.4 is 5.32 Å². The summed E-state index contributed by atoms with van der Waals surface area (Å²) in [5.41, 5.74) is 0.823. The Balaban J connectivity index is 1.73. The van der Waals surface area contributed by atoms with E-state index in [4.69, 9.17) is 4.74 Å². The number of imidazole rings is 1. The van der Waals surface area contributed by atoms with Gasteiger partial charge in [-0.05, 0) is 30.5 Å². The van der Waals surface area contributed by atoms with Crippen molar-refractivity contribution in [2.75, 3.05) is 18.2 Å². The Hall–Kier alpha value is -3.34. The molecular formula is C21H18F3N3O4S. The molecular weight excluding hydrogens is 447 g/mol. The van der Waals surface area contributed by atoms with E-state index < -0.39 is 36.9 Å². The number of hydrogen-bond acceptors (Lipinski definition) is 6. The highest BCUT2D eigenvalue weighted by molar-refractivity contribution is 7.98. The maximum absolute atomic E-state index is 13.3. The minimum absolute atomic E-state index is 0.0862. The Labute approximate surface area is 184 Å². The predicted molar refractivity (Wildman–Crippen MR) is 113 cm³/mol. The maximum Gasteiger partial charge on any atom is 0.449 e. The van der Waals surface area contributed by atoms with E-state index >= 15 is 0 Å². The number of ketones is 1. The van der Waals surface area contributed by atoms with E-state index in [1.165, 1.54) is 55.1 Å². The van der Waals surface area contributed by atoms with Gasteiger partial charge in [0, 0.05) is 17.4 Å². The van der Waals surface area contributed by atoms with Gasteiger partial charge in [-0.2, -0.15) is 13.2 Å². The summed E-state index contributed by atoms with van der Waals surface area (Å²) in [5.74, 6) is -3.13. The number of benzene rings is 2. The number of alkyl halides is 3. The smallest absolute Gasteiger partial charge is 0.449 e. The summed E-state index contributed by atoms with van der Waals surface area (Å²) in [7, 11) is 0. The van der Waals surface area contributed by atoms with Crippen molar-refractivity contribution >= 4 is 46.1 Å². The van der Waals surface area contributed by atoms with Crippen LogP contribution in [0.1, 0.15) is 23.1 Å². The monoisotopic (exact) mass is 465 g/mol. The lowest BCUT2D eigenvalue weighted by Gasteiger charge is -2.12. The number of esters is 1. The SMILES string of the molecule is CSc1ccc(C(=O)COC(=O)Cn2c(C(F)(F)F)nc3ccccc32)cc1NC(C)=O. The number of nitrogens with zero attached hydrogens (tertiary/aromatic N) is 2. The number of para-hydroxylation sites is 2. The molecule has 0 fully saturated rings. The Morgan fingerprint density at radius 1 is 1.16 bits per heavy atom. The van der Waals surface area contributed by atoms with Gasteiger partial charge in [0.25, 0.3) is 0 Å². The van der Waals surface area contributed by atoms with Crippen molar-refractivity contribution in [3.63, 3.8) is 0 Å². The second kappa shape index (κ2) is 9.43. The molecule has 3 rings (SSSR count). The summed E-state index contributed by atoms with van der Waals surface area (Å²) in [6, 6.07) is 10.5. The number of nitrogens with one attached hydrogen (secondary N) is 1. The highest BCUT2D eigenvalue weighted by Gasteiger charge is 2.38. The number of carbonyl (C=O) groups excluding carboxylic acids is 3. The van der Waals surface area contributed by atoms with E-state index in [1.807, 2.05) is 0 Å². The van der Waals surface area contributed by atoms with E-state index in [0.29, 0.717) is 10.3 Å². The number of hydrogen-bond donors (Lipinski definition) is 1. The molecule has 0 aliphatic carbocycles. The molecule has 168 valence electrons. The molecule has 2 aromatic carbocycles. The molecule has 7 nitrogen and oxygen atoms in total. The molecule has 1 amide bonds. The normalized spacial score (nSPS) is 11.4. The molecule has 1 N–H and O–H groups in total. The third-order valence-electron chi connectivity index (χ3n) is 4.39. The number of aromatic nitrogens is 2. The molecule has 11 heteroatoms. The fourth-order valence-corrected chi connectivity index (χ4v) is 3.56. The van der Waals surface area contributed by atoms with E-state index in [0.717, 1.165) is 4.90 Å². The topological polar surface area (TPSA) is 90.3 Å². The third kappa shape index (κ3) is 5.28. The molecule has 0 unspecified atom stereocenters. The Bertz CT molecular complexity index is 1190. The van der Waals surface area contributed by atoms with Gasteiger partial charge in [0.2, 0.25) is 11.7 Å². The van der Waals surface area contributed by atoms with Crippen LogP contribution in [0.2, 0.25) is 0 Å². The van der Waals surface area contributed by atoms with Crippen LogP contribution in [0.25, 0.3) is 11.0 Å². The molecule has 0 radical (unpaired) electrons. The standard InChI is InChI=1S/C21H18F3N3O4S/c1-12(28)25-15-9-13(7-8-18(15)32-2)17(29)11-31-19(30)10-27-16-6-4-3-5-14(16)26-20(27)21(22,23)24/h3-9H,10-11H2,1-2H3,(H,25,28). The average molecular weight is 465 g/mol. The highest BCUT2D eigenvalue weighted by Crippen LogP contribution is 2.31. The summed E-state index contributed by atoms with van der Waals surface area (Å²) >= 11 is 1.37. The van der Waals surface area contributed by atoms with Gasteiger partial charge in [0.1, 0.15) is 6.54 Å². The predicted octanol–water partition coefficient (Wildman–Crippen LogP) is 4.16. The van der Waals surface area contributed by atoms with Crippen molar-refractivity contribution in [2.24, 2.45) is 0 Å². The maximum atomic E-state index is 13.3. The first kappa shape index (κ1) is 23.3. The fourth-order valence-electron chi connectivity index (χ4n) is 3.02. The van der Waals surface area contributed by atoms with Gasteiger partial charge in [-0.15, -0.1) is 11.8 Å². The Morgan fingerprint density at radius 3 is 2.53 bits per heavy atom. The zero-order valence-electron chi connectivity index (χ0n) is 17.0. The first-order valence-corrected chi connectivity index (χ1v) is 10.5. The zero-order chi connectivity index (χ0) is 23.5. The van der Waals surface area contributed by atoms with Crippen molar-refractivity contribution in [2.45, 2.75) is 24.5 Å². The quantitative estimate of drug-likeness (QED) is 0.320. The average Bonchev–Trinajstić information content (AvgIpc) is 3.10. The number of fused-ring (bicyclic) bond motifs is 1. The van der Waals surface area contributed by atoms with Gasteiger partial charge >= 0.3 is 12.1 Å². The minimum atomic E-state index is -4.77. The molecule has 0 spiro atoms. The summed E-state index contributed by atoms with van der Waals surface area (Å²) in [5, 5.41) is 2.61. The first-order valence-electron chi connectivity index (χ1n) is 9.27. The van der Waals surface area contributed by atoms with Gasteiger partial charge in [-0.3, -0.25) is 14.4 Å². The van der Waals surface area contributed by atoms with E-state index in [-0.39, 0.29) is 22.5 Å². The second-order valence-corrected chi connectivity index (χ2v) is 7.54. The Kier molecular flexibility index (Phi) is 6.87. The largest absolute Gasteiger partial charge is 0.456 e. The van der Waals surface area contributed by atoms with Gasteiger partial charge in [-0.1, -0.05) is 18.2 Å². The lowest BCUT2D eigenvalue weighted by atomic mass is 10.1. The van der Waals surface area contributed by atoms with E-state index in [2.05, 4.69) is 10.3 Å². The lowest BCUT2D eigenvalue weighted by Crippen LogP contribution is -2.22. The molecule has 0 atom stereocenters. The van der Waals surface area contributed by atoms with Crippen molar-refractivity contribution in [1.82, 2.24) is 9.55 Å². The summed E-state index contributed by atoms with van der Waals surface area (Å²) in [6.07, 6.45) is -2.97. The molecule has 0 aliphatic rings. The van der Waals surface area contributed by atoms with Gasteiger partial charge in [-0.25, -0.2) is 4.98 Å².